The molecule has 2 heteroatoms. The van der Waals surface area contributed by atoms with Gasteiger partial charge in [0.05, 0.1) is 0 Å². The molecule has 0 aliphatic heterocycles. The Morgan fingerprint density at radius 1 is 0.667 bits per heavy atom. The number of rotatable bonds is 12. The van der Waals surface area contributed by atoms with E-state index >= 15 is 0 Å². The summed E-state index contributed by atoms with van der Waals surface area (Å²) in [5, 5.41) is 6.57. The van der Waals surface area contributed by atoms with Gasteiger partial charge in [-0.1, -0.05) is 51.9 Å². The first-order chi connectivity index (χ1) is 7.41. The fraction of sp³-hybridized carbons (Fsp3) is 1.00. The normalized spacial score (nSPS) is 10.8. The molecule has 15 heavy (non-hydrogen) atoms. The van der Waals surface area contributed by atoms with Gasteiger partial charge in [0.25, 0.3) is 0 Å². The minimum Gasteiger partial charge on any atom is -0.318 e. The third kappa shape index (κ3) is 13.9. The Kier molecular flexibility index (Phi) is 13.8. The van der Waals surface area contributed by atoms with E-state index in [1.165, 1.54) is 57.9 Å². The molecule has 0 aromatic rings. The average Bonchev–Trinajstić information content (AvgIpc) is 2.26. The second kappa shape index (κ2) is 13.9. The summed E-state index contributed by atoms with van der Waals surface area (Å²) in [7, 11) is 2.00. The first-order valence-corrected chi connectivity index (χ1v) is 6.77. The molecular weight excluding hydrogens is 184 g/mol. The molecule has 0 spiro atoms. The highest BCUT2D eigenvalue weighted by Gasteiger charge is 1.91. The summed E-state index contributed by atoms with van der Waals surface area (Å²) < 4.78 is 0. The summed E-state index contributed by atoms with van der Waals surface area (Å²) >= 11 is 0. The van der Waals surface area contributed by atoms with Gasteiger partial charge in [0.15, 0.2) is 0 Å². The maximum absolute atomic E-state index is 3.44. The van der Waals surface area contributed by atoms with Crippen LogP contribution in [-0.4, -0.2) is 26.7 Å². The lowest BCUT2D eigenvalue weighted by atomic mass is 10.1. The summed E-state index contributed by atoms with van der Waals surface area (Å²) in [6, 6.07) is 0. The number of unbranched alkanes of at least 4 members (excludes halogenated alkanes) is 7. The van der Waals surface area contributed by atoms with Crippen LogP contribution in [0.5, 0.6) is 0 Å². The largest absolute Gasteiger partial charge is 0.318 e. The highest BCUT2D eigenvalue weighted by atomic mass is 14.9. The van der Waals surface area contributed by atoms with E-state index in [0.29, 0.717) is 0 Å². The van der Waals surface area contributed by atoms with E-state index in [9.17, 15) is 0 Å². The number of hydrogen-bond donors (Lipinski definition) is 2. The van der Waals surface area contributed by atoms with E-state index in [-0.39, 0.29) is 0 Å². The van der Waals surface area contributed by atoms with Gasteiger partial charge in [-0.3, -0.25) is 0 Å². The molecule has 0 saturated carbocycles. The van der Waals surface area contributed by atoms with Crippen LogP contribution in [-0.2, 0) is 0 Å². The lowest BCUT2D eigenvalue weighted by Gasteiger charge is -2.04. The standard InChI is InChI=1S/C13H30N2/c1-3-4-5-6-7-8-9-10-11-15-13-12-14-2/h14-15H,3-13H2,1-2H3. The molecule has 0 aliphatic rings. The Labute approximate surface area is 96.2 Å². The molecule has 0 amide bonds. The zero-order chi connectivity index (χ0) is 11.2. The van der Waals surface area contributed by atoms with Gasteiger partial charge in [0.1, 0.15) is 0 Å². The summed E-state index contributed by atoms with van der Waals surface area (Å²) in [5.41, 5.74) is 0. The molecule has 0 heterocycles. The predicted octanol–water partition coefficient (Wildman–Crippen LogP) is 2.94. The Balaban J connectivity index is 2.81. The molecule has 92 valence electrons. The van der Waals surface area contributed by atoms with Gasteiger partial charge in [0, 0.05) is 13.1 Å². The van der Waals surface area contributed by atoms with E-state index in [1.54, 1.807) is 0 Å². The van der Waals surface area contributed by atoms with Crippen LogP contribution in [0.15, 0.2) is 0 Å². The molecule has 0 aliphatic carbocycles. The lowest BCUT2D eigenvalue weighted by Crippen LogP contribution is -2.25. The van der Waals surface area contributed by atoms with Gasteiger partial charge in [0.2, 0.25) is 0 Å². The first-order valence-electron chi connectivity index (χ1n) is 6.77. The molecule has 0 fully saturated rings. The van der Waals surface area contributed by atoms with Crippen molar-refractivity contribution in [3.8, 4) is 0 Å². The molecule has 0 rings (SSSR count). The van der Waals surface area contributed by atoms with Crippen LogP contribution in [0.2, 0.25) is 0 Å². The summed E-state index contributed by atoms with van der Waals surface area (Å²) in [6.07, 6.45) is 11.3. The molecule has 0 radical (unpaired) electrons. The molecule has 2 N–H and O–H groups in total. The average molecular weight is 214 g/mol. The van der Waals surface area contributed by atoms with Crippen molar-refractivity contribution < 1.29 is 0 Å². The van der Waals surface area contributed by atoms with E-state index < -0.39 is 0 Å². The summed E-state index contributed by atoms with van der Waals surface area (Å²) in [5.74, 6) is 0. The smallest absolute Gasteiger partial charge is 0.00766 e. The van der Waals surface area contributed by atoms with Gasteiger partial charge >= 0.3 is 0 Å². The van der Waals surface area contributed by atoms with Crippen molar-refractivity contribution in [2.45, 2.75) is 58.3 Å². The van der Waals surface area contributed by atoms with Crippen molar-refractivity contribution in [3.63, 3.8) is 0 Å². The zero-order valence-electron chi connectivity index (χ0n) is 10.8. The van der Waals surface area contributed by atoms with E-state index in [2.05, 4.69) is 17.6 Å². The third-order valence-electron chi connectivity index (χ3n) is 2.76. The SMILES string of the molecule is CCCCCCCCCCNCCNC. The maximum Gasteiger partial charge on any atom is 0.00766 e. The van der Waals surface area contributed by atoms with Crippen LogP contribution >= 0.6 is 0 Å². The van der Waals surface area contributed by atoms with E-state index in [1.807, 2.05) is 7.05 Å². The first kappa shape index (κ1) is 14.9. The second-order valence-electron chi connectivity index (χ2n) is 4.33. The van der Waals surface area contributed by atoms with Crippen LogP contribution in [0.1, 0.15) is 58.3 Å². The minimum absolute atomic E-state index is 1.08. The van der Waals surface area contributed by atoms with Crippen LogP contribution in [0, 0.1) is 0 Å². The third-order valence-corrected chi connectivity index (χ3v) is 2.76. The predicted molar refractivity (Wildman–Crippen MR) is 69.4 cm³/mol. The monoisotopic (exact) mass is 214 g/mol. The van der Waals surface area contributed by atoms with Crippen LogP contribution in [0.3, 0.4) is 0 Å². The zero-order valence-corrected chi connectivity index (χ0v) is 10.8. The molecule has 0 aromatic heterocycles. The Hall–Kier alpha value is -0.0800. The maximum atomic E-state index is 3.44. The summed E-state index contributed by atoms with van der Waals surface area (Å²) in [4.78, 5) is 0. The molecule has 0 bridgehead atoms. The second-order valence-corrected chi connectivity index (χ2v) is 4.33. The fourth-order valence-corrected chi connectivity index (χ4v) is 1.72. The Morgan fingerprint density at radius 2 is 1.27 bits per heavy atom. The molecule has 2 nitrogen and oxygen atoms in total. The van der Waals surface area contributed by atoms with Crippen molar-refractivity contribution in [1.29, 1.82) is 0 Å². The number of likely N-dealkylation sites (N-methyl/N-ethyl adjacent to an activating group) is 1. The van der Waals surface area contributed by atoms with Crippen molar-refractivity contribution >= 4 is 0 Å². The topological polar surface area (TPSA) is 24.1 Å². The number of nitrogens with one attached hydrogen (secondary N) is 2. The van der Waals surface area contributed by atoms with Crippen LogP contribution < -0.4 is 10.6 Å². The molecular formula is C13H30N2. The van der Waals surface area contributed by atoms with Crippen molar-refractivity contribution in [3.05, 3.63) is 0 Å². The van der Waals surface area contributed by atoms with Crippen molar-refractivity contribution in [2.75, 3.05) is 26.7 Å². The summed E-state index contributed by atoms with van der Waals surface area (Å²) in [6.45, 7) is 5.65. The van der Waals surface area contributed by atoms with Gasteiger partial charge in [-0.25, -0.2) is 0 Å². The van der Waals surface area contributed by atoms with Gasteiger partial charge < -0.3 is 10.6 Å². The number of hydrogen-bond acceptors (Lipinski definition) is 2. The van der Waals surface area contributed by atoms with Gasteiger partial charge in [-0.2, -0.15) is 0 Å². The molecule has 0 atom stereocenters. The van der Waals surface area contributed by atoms with Gasteiger partial charge in [-0.15, -0.1) is 0 Å². The highest BCUT2D eigenvalue weighted by Crippen LogP contribution is 2.07. The lowest BCUT2D eigenvalue weighted by molar-refractivity contribution is 0.552. The Bertz CT molecular complexity index is 92.7. The Morgan fingerprint density at radius 3 is 1.87 bits per heavy atom. The van der Waals surface area contributed by atoms with Crippen LogP contribution in [0.4, 0.5) is 0 Å². The van der Waals surface area contributed by atoms with Crippen molar-refractivity contribution in [1.82, 2.24) is 10.6 Å². The quantitative estimate of drug-likeness (QED) is 0.488. The van der Waals surface area contributed by atoms with E-state index in [4.69, 9.17) is 0 Å². The minimum atomic E-state index is 1.08. The molecule has 0 unspecified atom stereocenters. The van der Waals surface area contributed by atoms with Crippen molar-refractivity contribution in [2.24, 2.45) is 0 Å². The van der Waals surface area contributed by atoms with Gasteiger partial charge in [-0.05, 0) is 20.0 Å². The molecule has 0 aromatic carbocycles. The van der Waals surface area contributed by atoms with E-state index in [0.717, 1.165) is 13.1 Å². The highest BCUT2D eigenvalue weighted by molar-refractivity contribution is 4.51. The van der Waals surface area contributed by atoms with Crippen LogP contribution in [0.25, 0.3) is 0 Å². The fourth-order valence-electron chi connectivity index (χ4n) is 1.72. The molecule has 0 saturated heterocycles.